The topological polar surface area (TPSA) is 38.5 Å². The molecule has 2 heterocycles. The molecular formula is C11H14N2O. The fraction of sp³-hybridized carbons (Fsp3) is 0.455. The van der Waals surface area contributed by atoms with E-state index >= 15 is 0 Å². The summed E-state index contributed by atoms with van der Waals surface area (Å²) in [5.74, 6) is 0. The Labute approximate surface area is 83.5 Å². The molecule has 0 spiro atoms. The predicted molar refractivity (Wildman–Crippen MR) is 56.5 cm³/mol. The summed E-state index contributed by atoms with van der Waals surface area (Å²) in [4.78, 5) is 2.44. The number of hydrogen-bond donors (Lipinski definition) is 1. The summed E-state index contributed by atoms with van der Waals surface area (Å²) in [6.45, 7) is 2.88. The van der Waals surface area contributed by atoms with Crippen LogP contribution in [-0.4, -0.2) is 25.8 Å². The van der Waals surface area contributed by atoms with E-state index in [1.54, 1.807) is 0 Å². The van der Waals surface area contributed by atoms with Crippen LogP contribution >= 0.6 is 0 Å². The molecule has 3 heteroatoms. The van der Waals surface area contributed by atoms with Crippen molar-refractivity contribution >= 4 is 11.4 Å². The molecule has 1 aromatic carbocycles. The number of hydrogen-bond acceptors (Lipinski definition) is 3. The Kier molecular flexibility index (Phi) is 1.67. The second kappa shape index (κ2) is 2.89. The molecule has 2 N–H and O–H groups in total. The number of nitrogens with two attached hydrogens (primary N) is 1. The van der Waals surface area contributed by atoms with Crippen molar-refractivity contribution in [2.45, 2.75) is 12.5 Å². The third-order valence-electron chi connectivity index (χ3n) is 3.10. The van der Waals surface area contributed by atoms with Crippen LogP contribution in [-0.2, 0) is 11.2 Å². The Balaban J connectivity index is 1.93. The molecule has 14 heavy (non-hydrogen) atoms. The Morgan fingerprint density at radius 3 is 2.93 bits per heavy atom. The van der Waals surface area contributed by atoms with Gasteiger partial charge in [0.25, 0.3) is 0 Å². The molecule has 0 unspecified atom stereocenters. The molecule has 1 saturated heterocycles. The zero-order chi connectivity index (χ0) is 9.54. The highest BCUT2D eigenvalue weighted by molar-refractivity contribution is 5.63. The average molecular weight is 190 g/mol. The van der Waals surface area contributed by atoms with Gasteiger partial charge in [0.1, 0.15) is 0 Å². The summed E-state index contributed by atoms with van der Waals surface area (Å²) in [7, 11) is 0. The Morgan fingerprint density at radius 1 is 1.36 bits per heavy atom. The highest BCUT2D eigenvalue weighted by Gasteiger charge is 2.30. The maximum absolute atomic E-state index is 5.76. The first-order valence-electron chi connectivity index (χ1n) is 5.07. The van der Waals surface area contributed by atoms with Gasteiger partial charge in [-0.05, 0) is 30.2 Å². The quantitative estimate of drug-likeness (QED) is 0.672. The monoisotopic (exact) mass is 190 g/mol. The third kappa shape index (κ3) is 1.09. The number of rotatable bonds is 1. The molecule has 2 aliphatic rings. The molecule has 0 bridgehead atoms. The van der Waals surface area contributed by atoms with Gasteiger partial charge in [0.2, 0.25) is 0 Å². The second-order valence-electron chi connectivity index (χ2n) is 4.02. The third-order valence-corrected chi connectivity index (χ3v) is 3.10. The van der Waals surface area contributed by atoms with Crippen molar-refractivity contribution in [2.75, 3.05) is 30.4 Å². The number of benzene rings is 1. The fourth-order valence-electron chi connectivity index (χ4n) is 2.23. The van der Waals surface area contributed by atoms with Crippen molar-refractivity contribution in [3.63, 3.8) is 0 Å². The van der Waals surface area contributed by atoms with Gasteiger partial charge in [0, 0.05) is 17.9 Å². The van der Waals surface area contributed by atoms with Crippen LogP contribution in [0.25, 0.3) is 0 Å². The number of nitrogen functional groups attached to an aromatic ring is 1. The van der Waals surface area contributed by atoms with Gasteiger partial charge in [0.15, 0.2) is 0 Å². The van der Waals surface area contributed by atoms with Crippen LogP contribution < -0.4 is 10.6 Å². The molecule has 0 saturated carbocycles. The van der Waals surface area contributed by atoms with E-state index in [1.165, 1.54) is 11.3 Å². The van der Waals surface area contributed by atoms with E-state index in [4.69, 9.17) is 10.5 Å². The molecule has 3 rings (SSSR count). The van der Waals surface area contributed by atoms with Gasteiger partial charge >= 0.3 is 0 Å². The minimum atomic E-state index is 0.597. The molecule has 1 fully saturated rings. The Hall–Kier alpha value is -1.22. The number of anilines is 2. The SMILES string of the molecule is Nc1ccc2c(c1)CCN2C1COC1. The zero-order valence-corrected chi connectivity index (χ0v) is 8.07. The van der Waals surface area contributed by atoms with Crippen molar-refractivity contribution in [2.24, 2.45) is 0 Å². The van der Waals surface area contributed by atoms with Crippen LogP contribution in [0, 0.1) is 0 Å². The van der Waals surface area contributed by atoms with Gasteiger partial charge in [-0.3, -0.25) is 0 Å². The molecule has 1 aromatic rings. The van der Waals surface area contributed by atoms with Crippen LogP contribution in [0.3, 0.4) is 0 Å². The zero-order valence-electron chi connectivity index (χ0n) is 8.07. The van der Waals surface area contributed by atoms with Crippen molar-refractivity contribution in [3.8, 4) is 0 Å². The molecule has 74 valence electrons. The highest BCUT2D eigenvalue weighted by Crippen LogP contribution is 2.32. The van der Waals surface area contributed by atoms with Crippen LogP contribution in [0.2, 0.25) is 0 Å². The molecule has 2 aliphatic heterocycles. The largest absolute Gasteiger partial charge is 0.399 e. The lowest BCUT2D eigenvalue weighted by molar-refractivity contribution is 0.00887. The number of nitrogens with zero attached hydrogens (tertiary/aromatic N) is 1. The minimum Gasteiger partial charge on any atom is -0.399 e. The van der Waals surface area contributed by atoms with E-state index < -0.39 is 0 Å². The predicted octanol–water partition coefficient (Wildman–Crippen LogP) is 1.03. The maximum Gasteiger partial charge on any atom is 0.0757 e. The molecule has 0 atom stereocenters. The van der Waals surface area contributed by atoms with E-state index in [2.05, 4.69) is 17.0 Å². The summed E-state index contributed by atoms with van der Waals surface area (Å²) < 4.78 is 5.22. The van der Waals surface area contributed by atoms with Gasteiger partial charge in [-0.2, -0.15) is 0 Å². The highest BCUT2D eigenvalue weighted by atomic mass is 16.5. The first-order chi connectivity index (χ1) is 6.84. The van der Waals surface area contributed by atoms with E-state index in [1.807, 2.05) is 6.07 Å². The number of ether oxygens (including phenoxy) is 1. The standard InChI is InChI=1S/C11H14N2O/c12-9-1-2-11-8(5-9)3-4-13(11)10-6-14-7-10/h1-2,5,10H,3-4,6-7,12H2. The van der Waals surface area contributed by atoms with Crippen molar-refractivity contribution in [1.29, 1.82) is 0 Å². The summed E-state index contributed by atoms with van der Waals surface area (Å²) in [5.41, 5.74) is 9.37. The van der Waals surface area contributed by atoms with Gasteiger partial charge < -0.3 is 15.4 Å². The lowest BCUT2D eigenvalue weighted by atomic mass is 10.1. The second-order valence-corrected chi connectivity index (χ2v) is 4.02. The Morgan fingerprint density at radius 2 is 2.21 bits per heavy atom. The summed E-state index contributed by atoms with van der Waals surface area (Å²) in [6, 6.07) is 6.81. The summed E-state index contributed by atoms with van der Waals surface area (Å²) >= 11 is 0. The van der Waals surface area contributed by atoms with Crippen LogP contribution in [0.15, 0.2) is 18.2 Å². The fourth-order valence-corrected chi connectivity index (χ4v) is 2.23. The van der Waals surface area contributed by atoms with Gasteiger partial charge in [-0.1, -0.05) is 0 Å². The first-order valence-corrected chi connectivity index (χ1v) is 5.07. The molecule has 0 aromatic heterocycles. The van der Waals surface area contributed by atoms with Crippen LogP contribution in [0.1, 0.15) is 5.56 Å². The summed E-state index contributed by atoms with van der Waals surface area (Å²) in [5, 5.41) is 0. The van der Waals surface area contributed by atoms with E-state index in [-0.39, 0.29) is 0 Å². The van der Waals surface area contributed by atoms with Crippen molar-refractivity contribution in [1.82, 2.24) is 0 Å². The lowest BCUT2D eigenvalue weighted by Gasteiger charge is -2.36. The maximum atomic E-state index is 5.76. The van der Waals surface area contributed by atoms with Crippen molar-refractivity contribution in [3.05, 3.63) is 23.8 Å². The van der Waals surface area contributed by atoms with Crippen molar-refractivity contribution < 1.29 is 4.74 Å². The summed E-state index contributed by atoms with van der Waals surface area (Å²) in [6.07, 6.45) is 1.12. The molecule has 3 nitrogen and oxygen atoms in total. The van der Waals surface area contributed by atoms with E-state index in [0.29, 0.717) is 6.04 Å². The minimum absolute atomic E-state index is 0.597. The smallest absolute Gasteiger partial charge is 0.0757 e. The molecule has 0 amide bonds. The normalized spacial score (nSPS) is 20.7. The molecular weight excluding hydrogens is 176 g/mol. The van der Waals surface area contributed by atoms with E-state index in [0.717, 1.165) is 31.9 Å². The van der Waals surface area contributed by atoms with Crippen LogP contribution in [0.4, 0.5) is 11.4 Å². The Bertz CT molecular complexity index is 360. The first kappa shape index (κ1) is 8.12. The van der Waals surface area contributed by atoms with Crippen LogP contribution in [0.5, 0.6) is 0 Å². The van der Waals surface area contributed by atoms with Gasteiger partial charge in [-0.15, -0.1) is 0 Å². The van der Waals surface area contributed by atoms with Gasteiger partial charge in [-0.25, -0.2) is 0 Å². The van der Waals surface area contributed by atoms with E-state index in [9.17, 15) is 0 Å². The average Bonchev–Trinajstić information content (AvgIpc) is 2.45. The lowest BCUT2D eigenvalue weighted by Crippen LogP contribution is -2.48. The molecule has 0 radical (unpaired) electrons. The number of fused-ring (bicyclic) bond motifs is 1. The van der Waals surface area contributed by atoms with Gasteiger partial charge in [0.05, 0.1) is 19.3 Å². The molecule has 0 aliphatic carbocycles.